The van der Waals surface area contributed by atoms with Crippen molar-refractivity contribution >= 4 is 5.78 Å². The Kier molecular flexibility index (Phi) is 7.11. The molecule has 3 heteroatoms. The minimum absolute atomic E-state index is 0.300. The zero-order valence-electron chi connectivity index (χ0n) is 11.3. The fourth-order valence-corrected chi connectivity index (χ4v) is 1.50. The summed E-state index contributed by atoms with van der Waals surface area (Å²) in [6.07, 6.45) is 2.04. The van der Waals surface area contributed by atoms with Crippen LogP contribution in [0.25, 0.3) is 0 Å². The number of hydrogen-bond donors (Lipinski definition) is 0. The molecule has 0 aromatic heterocycles. The fraction of sp³-hybridized carbons (Fsp3) is 0.533. The van der Waals surface area contributed by atoms with Crippen LogP contribution in [0.4, 0.5) is 0 Å². The number of hydrogen-bond acceptors (Lipinski definition) is 3. The van der Waals surface area contributed by atoms with Gasteiger partial charge in [-0.05, 0) is 25.5 Å². The second-order valence-corrected chi connectivity index (χ2v) is 4.27. The first-order valence-electron chi connectivity index (χ1n) is 6.51. The van der Waals surface area contributed by atoms with E-state index in [9.17, 15) is 4.79 Å². The topological polar surface area (TPSA) is 35.5 Å². The van der Waals surface area contributed by atoms with Crippen molar-refractivity contribution < 1.29 is 14.3 Å². The smallest absolute Gasteiger partial charge is 0.132 e. The summed E-state index contributed by atoms with van der Waals surface area (Å²) in [6.45, 7) is 5.67. The maximum absolute atomic E-state index is 11.0. The maximum Gasteiger partial charge on any atom is 0.132 e. The van der Waals surface area contributed by atoms with Crippen molar-refractivity contribution in [2.24, 2.45) is 0 Å². The molecule has 0 atom stereocenters. The third kappa shape index (κ3) is 6.40. The first-order chi connectivity index (χ1) is 8.72. The zero-order chi connectivity index (χ0) is 13.2. The predicted octanol–water partition coefficient (Wildman–Crippen LogP) is 3.15. The number of benzene rings is 1. The van der Waals surface area contributed by atoms with Crippen molar-refractivity contribution in [2.75, 3.05) is 19.8 Å². The van der Waals surface area contributed by atoms with E-state index in [1.165, 1.54) is 5.56 Å². The molecule has 18 heavy (non-hydrogen) atoms. The Morgan fingerprint density at radius 2 is 1.83 bits per heavy atom. The maximum atomic E-state index is 11.0. The molecule has 0 amide bonds. The second-order valence-electron chi connectivity index (χ2n) is 4.27. The Morgan fingerprint density at radius 3 is 2.50 bits per heavy atom. The average Bonchev–Trinajstić information content (AvgIpc) is 2.39. The van der Waals surface area contributed by atoms with E-state index in [1.807, 2.05) is 38.1 Å². The molecule has 0 spiro atoms. The van der Waals surface area contributed by atoms with Gasteiger partial charge in [-0.25, -0.2) is 0 Å². The molecule has 0 heterocycles. The molecule has 0 bridgehead atoms. The molecule has 0 aliphatic rings. The number of carbonyl (C=O) groups is 1. The Bertz CT molecular complexity index is 343. The van der Waals surface area contributed by atoms with Crippen LogP contribution in [0.2, 0.25) is 0 Å². The van der Waals surface area contributed by atoms with E-state index in [-0.39, 0.29) is 0 Å². The molecule has 100 valence electrons. The van der Waals surface area contributed by atoms with E-state index in [0.29, 0.717) is 38.4 Å². The van der Waals surface area contributed by atoms with Crippen LogP contribution in [0.15, 0.2) is 24.3 Å². The van der Waals surface area contributed by atoms with Crippen LogP contribution in [0.3, 0.4) is 0 Å². The van der Waals surface area contributed by atoms with Crippen molar-refractivity contribution in [3.8, 4) is 5.75 Å². The molecule has 1 rings (SSSR count). The molecule has 0 unspecified atom stereocenters. The SMILES string of the molecule is CCC(=O)CCCOCCOc1ccc(C)cc1. The Hall–Kier alpha value is -1.35. The molecule has 0 aliphatic carbocycles. The number of rotatable bonds is 9. The van der Waals surface area contributed by atoms with Gasteiger partial charge >= 0.3 is 0 Å². The lowest BCUT2D eigenvalue weighted by Gasteiger charge is -2.07. The van der Waals surface area contributed by atoms with Gasteiger partial charge in [0.15, 0.2) is 0 Å². The van der Waals surface area contributed by atoms with E-state index in [1.54, 1.807) is 0 Å². The summed E-state index contributed by atoms with van der Waals surface area (Å²) in [5.41, 5.74) is 1.22. The summed E-state index contributed by atoms with van der Waals surface area (Å²) in [5.74, 6) is 1.17. The largest absolute Gasteiger partial charge is 0.491 e. The Morgan fingerprint density at radius 1 is 1.11 bits per heavy atom. The van der Waals surface area contributed by atoms with Gasteiger partial charge in [0.2, 0.25) is 0 Å². The standard InChI is InChI=1S/C15H22O3/c1-3-14(16)5-4-10-17-11-12-18-15-8-6-13(2)7-9-15/h6-9H,3-5,10-12H2,1-2H3. The number of Topliss-reactive ketones (excluding diaryl/α,β-unsaturated/α-hetero) is 1. The highest BCUT2D eigenvalue weighted by molar-refractivity contribution is 5.77. The molecule has 0 aliphatic heterocycles. The summed E-state index contributed by atoms with van der Waals surface area (Å²) in [6, 6.07) is 7.95. The van der Waals surface area contributed by atoms with Crippen molar-refractivity contribution in [1.29, 1.82) is 0 Å². The van der Waals surface area contributed by atoms with E-state index in [2.05, 4.69) is 0 Å². The Balaban J connectivity index is 1.99. The molecular weight excluding hydrogens is 228 g/mol. The van der Waals surface area contributed by atoms with Gasteiger partial charge in [0.05, 0.1) is 6.61 Å². The quantitative estimate of drug-likeness (QED) is 0.632. The van der Waals surface area contributed by atoms with Gasteiger partial charge in [0.1, 0.15) is 18.1 Å². The molecule has 0 radical (unpaired) electrons. The van der Waals surface area contributed by atoms with Crippen LogP contribution in [0.1, 0.15) is 31.7 Å². The average molecular weight is 250 g/mol. The molecule has 3 nitrogen and oxygen atoms in total. The lowest BCUT2D eigenvalue weighted by molar-refractivity contribution is -0.119. The summed E-state index contributed by atoms with van der Waals surface area (Å²) >= 11 is 0. The van der Waals surface area contributed by atoms with Gasteiger partial charge in [-0.1, -0.05) is 24.6 Å². The number of ether oxygens (including phenoxy) is 2. The van der Waals surface area contributed by atoms with Crippen LogP contribution in [0.5, 0.6) is 5.75 Å². The normalized spacial score (nSPS) is 10.3. The van der Waals surface area contributed by atoms with E-state index >= 15 is 0 Å². The van der Waals surface area contributed by atoms with Gasteiger partial charge < -0.3 is 9.47 Å². The van der Waals surface area contributed by atoms with Crippen molar-refractivity contribution in [1.82, 2.24) is 0 Å². The van der Waals surface area contributed by atoms with Gasteiger partial charge in [-0.3, -0.25) is 4.79 Å². The van der Waals surface area contributed by atoms with E-state index < -0.39 is 0 Å². The third-order valence-corrected chi connectivity index (χ3v) is 2.66. The van der Waals surface area contributed by atoms with Gasteiger partial charge in [0, 0.05) is 19.4 Å². The predicted molar refractivity (Wildman–Crippen MR) is 72.0 cm³/mol. The van der Waals surface area contributed by atoms with Gasteiger partial charge in [0.25, 0.3) is 0 Å². The number of carbonyl (C=O) groups excluding carboxylic acids is 1. The zero-order valence-corrected chi connectivity index (χ0v) is 11.3. The van der Waals surface area contributed by atoms with Crippen LogP contribution < -0.4 is 4.74 Å². The minimum atomic E-state index is 0.300. The highest BCUT2D eigenvalue weighted by atomic mass is 16.5. The lowest BCUT2D eigenvalue weighted by atomic mass is 10.2. The minimum Gasteiger partial charge on any atom is -0.491 e. The van der Waals surface area contributed by atoms with Gasteiger partial charge in [-0.2, -0.15) is 0 Å². The molecule has 0 saturated carbocycles. The first-order valence-corrected chi connectivity index (χ1v) is 6.51. The number of ketones is 1. The molecular formula is C15H22O3. The fourth-order valence-electron chi connectivity index (χ4n) is 1.50. The van der Waals surface area contributed by atoms with Crippen LogP contribution in [-0.2, 0) is 9.53 Å². The van der Waals surface area contributed by atoms with Crippen LogP contribution in [0, 0.1) is 6.92 Å². The molecule has 0 fully saturated rings. The molecule has 1 aromatic carbocycles. The van der Waals surface area contributed by atoms with Crippen molar-refractivity contribution in [2.45, 2.75) is 33.1 Å². The first kappa shape index (κ1) is 14.7. The summed E-state index contributed by atoms with van der Waals surface area (Å²) in [4.78, 5) is 11.0. The molecule has 0 N–H and O–H groups in total. The Labute approximate surface area is 109 Å². The monoisotopic (exact) mass is 250 g/mol. The molecule has 0 saturated heterocycles. The van der Waals surface area contributed by atoms with Crippen LogP contribution in [-0.4, -0.2) is 25.6 Å². The summed E-state index contributed by atoms with van der Waals surface area (Å²) in [5, 5.41) is 0. The molecule has 1 aromatic rings. The highest BCUT2D eigenvalue weighted by Crippen LogP contribution is 2.10. The van der Waals surface area contributed by atoms with Crippen molar-refractivity contribution in [3.63, 3.8) is 0 Å². The third-order valence-electron chi connectivity index (χ3n) is 2.66. The van der Waals surface area contributed by atoms with Crippen molar-refractivity contribution in [3.05, 3.63) is 29.8 Å². The van der Waals surface area contributed by atoms with Gasteiger partial charge in [-0.15, -0.1) is 0 Å². The van der Waals surface area contributed by atoms with Crippen LogP contribution >= 0.6 is 0 Å². The van der Waals surface area contributed by atoms with E-state index in [4.69, 9.17) is 9.47 Å². The second kappa shape index (κ2) is 8.70. The van der Waals surface area contributed by atoms with E-state index in [0.717, 1.165) is 12.2 Å². The highest BCUT2D eigenvalue weighted by Gasteiger charge is 1.98. The number of aryl methyl sites for hydroxylation is 1. The lowest BCUT2D eigenvalue weighted by Crippen LogP contribution is -2.08. The summed E-state index contributed by atoms with van der Waals surface area (Å²) < 4.78 is 10.9. The summed E-state index contributed by atoms with van der Waals surface area (Å²) in [7, 11) is 0.